The van der Waals surface area contributed by atoms with Gasteiger partial charge in [-0.1, -0.05) is 43.2 Å². The molecule has 1 aliphatic rings. The second kappa shape index (κ2) is 8.18. The van der Waals surface area contributed by atoms with Crippen LogP contribution in [0.3, 0.4) is 0 Å². The topological polar surface area (TPSA) is 67.4 Å². The van der Waals surface area contributed by atoms with E-state index in [1.165, 1.54) is 0 Å². The van der Waals surface area contributed by atoms with Crippen LogP contribution >= 0.6 is 0 Å². The van der Waals surface area contributed by atoms with E-state index < -0.39 is 17.7 Å². The second-order valence-corrected chi connectivity index (χ2v) is 7.38. The Morgan fingerprint density at radius 2 is 1.79 bits per heavy atom. The fourth-order valence-corrected chi connectivity index (χ4v) is 2.88. The summed E-state index contributed by atoms with van der Waals surface area (Å²) >= 11 is 0. The molecule has 1 aromatic rings. The molecule has 2 N–H and O–H groups in total. The highest BCUT2D eigenvalue weighted by Gasteiger charge is 2.27. The average molecular weight is 332 g/mol. The van der Waals surface area contributed by atoms with E-state index in [1.807, 2.05) is 30.3 Å². The molecule has 0 unspecified atom stereocenters. The number of hydrogen-bond acceptors (Lipinski definition) is 3. The van der Waals surface area contributed by atoms with Gasteiger partial charge in [-0.3, -0.25) is 4.79 Å². The summed E-state index contributed by atoms with van der Waals surface area (Å²) in [6.45, 7) is 5.41. The fraction of sp³-hybridized carbons (Fsp3) is 0.579. The van der Waals surface area contributed by atoms with E-state index in [4.69, 9.17) is 4.74 Å². The third kappa shape index (κ3) is 6.22. The van der Waals surface area contributed by atoms with Crippen molar-refractivity contribution in [3.05, 3.63) is 35.9 Å². The zero-order valence-corrected chi connectivity index (χ0v) is 14.8. The first-order valence-electron chi connectivity index (χ1n) is 8.67. The molecule has 1 aliphatic carbocycles. The minimum absolute atomic E-state index is 0.142. The molecule has 2 amide bonds. The number of carbonyl (C=O) groups is 2. The normalized spacial score (nSPS) is 16.5. The van der Waals surface area contributed by atoms with Crippen molar-refractivity contribution in [3.63, 3.8) is 0 Å². The van der Waals surface area contributed by atoms with Gasteiger partial charge in [0.25, 0.3) is 0 Å². The number of benzene rings is 1. The van der Waals surface area contributed by atoms with Crippen molar-refractivity contribution >= 4 is 12.0 Å². The maximum Gasteiger partial charge on any atom is 0.408 e. The Bertz CT molecular complexity index is 545. The van der Waals surface area contributed by atoms with Crippen LogP contribution in [0.2, 0.25) is 0 Å². The molecule has 0 spiro atoms. The van der Waals surface area contributed by atoms with Gasteiger partial charge in [-0.15, -0.1) is 0 Å². The number of hydrogen-bond donors (Lipinski definition) is 2. The Morgan fingerprint density at radius 1 is 1.17 bits per heavy atom. The average Bonchev–Trinajstić information content (AvgIpc) is 2.98. The Balaban J connectivity index is 2.02. The molecule has 1 aromatic carbocycles. The van der Waals surface area contributed by atoms with Crippen molar-refractivity contribution in [1.82, 2.24) is 10.6 Å². The summed E-state index contributed by atoms with van der Waals surface area (Å²) in [6.07, 6.45) is 4.19. The largest absolute Gasteiger partial charge is 0.444 e. The molecule has 1 fully saturated rings. The molecule has 24 heavy (non-hydrogen) atoms. The zero-order chi connectivity index (χ0) is 17.6. The predicted molar refractivity (Wildman–Crippen MR) is 93.7 cm³/mol. The Labute approximate surface area is 144 Å². The van der Waals surface area contributed by atoms with Crippen LogP contribution in [0.25, 0.3) is 0 Å². The van der Waals surface area contributed by atoms with E-state index in [-0.39, 0.29) is 11.9 Å². The van der Waals surface area contributed by atoms with Crippen LogP contribution in [0.15, 0.2) is 30.3 Å². The van der Waals surface area contributed by atoms with Crippen LogP contribution in [0, 0.1) is 0 Å². The van der Waals surface area contributed by atoms with Gasteiger partial charge in [-0.05, 0) is 39.2 Å². The highest BCUT2D eigenvalue weighted by atomic mass is 16.6. The van der Waals surface area contributed by atoms with Crippen LogP contribution in [-0.4, -0.2) is 29.7 Å². The lowest BCUT2D eigenvalue weighted by molar-refractivity contribution is -0.123. The zero-order valence-electron chi connectivity index (χ0n) is 14.8. The van der Waals surface area contributed by atoms with E-state index in [0.29, 0.717) is 6.42 Å². The molecule has 5 nitrogen and oxygen atoms in total. The van der Waals surface area contributed by atoms with Crippen LogP contribution in [-0.2, 0) is 16.0 Å². The van der Waals surface area contributed by atoms with Gasteiger partial charge in [-0.2, -0.15) is 0 Å². The summed E-state index contributed by atoms with van der Waals surface area (Å²) in [4.78, 5) is 24.7. The van der Waals surface area contributed by atoms with E-state index in [2.05, 4.69) is 10.6 Å². The quantitative estimate of drug-likeness (QED) is 0.870. The van der Waals surface area contributed by atoms with Crippen LogP contribution < -0.4 is 10.6 Å². The van der Waals surface area contributed by atoms with Crippen molar-refractivity contribution in [2.45, 2.75) is 70.6 Å². The Morgan fingerprint density at radius 3 is 2.38 bits per heavy atom. The number of carbonyl (C=O) groups excluding carboxylic acids is 2. The molecule has 1 atom stereocenters. The van der Waals surface area contributed by atoms with Crippen molar-refractivity contribution < 1.29 is 14.3 Å². The molecular formula is C19H28N2O3. The fourth-order valence-electron chi connectivity index (χ4n) is 2.88. The first-order valence-corrected chi connectivity index (χ1v) is 8.67. The molecule has 5 heteroatoms. The van der Waals surface area contributed by atoms with Crippen LogP contribution in [0.4, 0.5) is 4.79 Å². The number of nitrogens with one attached hydrogen (secondary N) is 2. The first kappa shape index (κ1) is 18.3. The molecule has 1 saturated carbocycles. The number of ether oxygens (including phenoxy) is 1. The SMILES string of the molecule is CC(C)(C)OC(=O)N[C@@H](Cc1ccccc1)C(=O)NC1CCCC1. The van der Waals surface area contributed by atoms with Crippen LogP contribution in [0.1, 0.15) is 52.0 Å². The molecule has 0 aliphatic heterocycles. The van der Waals surface area contributed by atoms with Gasteiger partial charge < -0.3 is 15.4 Å². The monoisotopic (exact) mass is 332 g/mol. The smallest absolute Gasteiger partial charge is 0.408 e. The minimum Gasteiger partial charge on any atom is -0.444 e. The van der Waals surface area contributed by atoms with Crippen molar-refractivity contribution in [3.8, 4) is 0 Å². The van der Waals surface area contributed by atoms with E-state index >= 15 is 0 Å². The van der Waals surface area contributed by atoms with Crippen molar-refractivity contribution in [1.29, 1.82) is 0 Å². The maximum absolute atomic E-state index is 12.6. The number of rotatable bonds is 5. The van der Waals surface area contributed by atoms with Crippen molar-refractivity contribution in [2.75, 3.05) is 0 Å². The molecular weight excluding hydrogens is 304 g/mol. The van der Waals surface area contributed by atoms with Crippen LogP contribution in [0.5, 0.6) is 0 Å². The molecule has 0 aromatic heterocycles. The lowest BCUT2D eigenvalue weighted by Crippen LogP contribution is -2.51. The Kier molecular flexibility index (Phi) is 6.23. The lowest BCUT2D eigenvalue weighted by atomic mass is 10.0. The number of amides is 2. The third-order valence-corrected chi connectivity index (χ3v) is 3.99. The van der Waals surface area contributed by atoms with Gasteiger partial charge in [0.15, 0.2) is 0 Å². The van der Waals surface area contributed by atoms with Gasteiger partial charge >= 0.3 is 6.09 Å². The minimum atomic E-state index is -0.636. The third-order valence-electron chi connectivity index (χ3n) is 3.99. The molecule has 132 valence electrons. The number of alkyl carbamates (subject to hydrolysis) is 1. The lowest BCUT2D eigenvalue weighted by Gasteiger charge is -2.24. The van der Waals surface area contributed by atoms with E-state index in [0.717, 1.165) is 31.2 Å². The summed E-state index contributed by atoms with van der Waals surface area (Å²) in [5, 5.41) is 5.78. The van der Waals surface area contributed by atoms with E-state index in [1.54, 1.807) is 20.8 Å². The summed E-state index contributed by atoms with van der Waals surface area (Å²) < 4.78 is 5.30. The standard InChI is InChI=1S/C19H28N2O3/c1-19(2,3)24-18(23)21-16(13-14-9-5-4-6-10-14)17(22)20-15-11-7-8-12-15/h4-6,9-10,15-16H,7-8,11-13H2,1-3H3,(H,20,22)(H,21,23)/t16-/m0/s1. The van der Waals surface area contributed by atoms with Crippen molar-refractivity contribution in [2.24, 2.45) is 0 Å². The first-order chi connectivity index (χ1) is 11.3. The molecule has 0 bridgehead atoms. The van der Waals surface area contributed by atoms with Gasteiger partial charge in [0.05, 0.1) is 0 Å². The summed E-state index contributed by atoms with van der Waals surface area (Å²) in [6, 6.07) is 9.26. The summed E-state index contributed by atoms with van der Waals surface area (Å²) in [5.41, 5.74) is 0.406. The van der Waals surface area contributed by atoms with Gasteiger partial charge in [0.2, 0.25) is 5.91 Å². The maximum atomic E-state index is 12.6. The highest BCUT2D eigenvalue weighted by Crippen LogP contribution is 2.18. The van der Waals surface area contributed by atoms with Gasteiger partial charge in [-0.25, -0.2) is 4.79 Å². The summed E-state index contributed by atoms with van der Waals surface area (Å²) in [5.74, 6) is -0.142. The molecule has 0 radical (unpaired) electrons. The Hall–Kier alpha value is -2.04. The summed E-state index contributed by atoms with van der Waals surface area (Å²) in [7, 11) is 0. The predicted octanol–water partition coefficient (Wildman–Crippen LogP) is 3.18. The molecule has 2 rings (SSSR count). The van der Waals surface area contributed by atoms with Gasteiger partial charge in [0, 0.05) is 12.5 Å². The highest BCUT2D eigenvalue weighted by molar-refractivity contribution is 5.86. The molecule has 0 saturated heterocycles. The van der Waals surface area contributed by atoms with E-state index in [9.17, 15) is 9.59 Å². The molecule has 0 heterocycles. The van der Waals surface area contributed by atoms with Gasteiger partial charge in [0.1, 0.15) is 11.6 Å². The second-order valence-electron chi connectivity index (χ2n) is 7.38.